The van der Waals surface area contributed by atoms with E-state index < -0.39 is 0 Å². The molecule has 0 spiro atoms. The molecular weight excluding hydrogens is 254 g/mol. The second-order valence-electron chi connectivity index (χ2n) is 5.80. The highest BCUT2D eigenvalue weighted by molar-refractivity contribution is 5.96. The van der Waals surface area contributed by atoms with Crippen molar-refractivity contribution in [2.24, 2.45) is 5.41 Å². The van der Waals surface area contributed by atoms with E-state index in [0.717, 1.165) is 25.7 Å². The summed E-state index contributed by atoms with van der Waals surface area (Å²) in [5.41, 5.74) is 0.305. The quantitative estimate of drug-likeness (QED) is 0.888. The van der Waals surface area contributed by atoms with Crippen molar-refractivity contribution in [1.82, 2.24) is 5.32 Å². The Balaban J connectivity index is 2.01. The van der Waals surface area contributed by atoms with Gasteiger partial charge in [-0.25, -0.2) is 0 Å². The maximum atomic E-state index is 12.2. The molecular formula is C16H23NO3. The van der Waals surface area contributed by atoms with Gasteiger partial charge in [0.25, 0.3) is 5.91 Å². The lowest BCUT2D eigenvalue weighted by molar-refractivity contribution is 0.00189. The standard InChI is InChI=1S/C16H23NO3/c1-16(10-6-5-9-14(16)18)11-17-15(19)12-7-3-4-8-13(12)20-2/h3-4,7-8,14,18H,5-6,9-11H2,1-2H3,(H,17,19). The first-order chi connectivity index (χ1) is 9.57. The average molecular weight is 277 g/mol. The van der Waals surface area contributed by atoms with Gasteiger partial charge in [0.1, 0.15) is 5.75 Å². The minimum absolute atomic E-state index is 0.151. The fourth-order valence-corrected chi connectivity index (χ4v) is 2.80. The summed E-state index contributed by atoms with van der Waals surface area (Å²) in [7, 11) is 1.55. The minimum Gasteiger partial charge on any atom is -0.496 e. The van der Waals surface area contributed by atoms with Crippen LogP contribution in [0.1, 0.15) is 43.0 Å². The van der Waals surface area contributed by atoms with Crippen LogP contribution in [0, 0.1) is 5.41 Å². The van der Waals surface area contributed by atoms with Crippen molar-refractivity contribution in [2.75, 3.05) is 13.7 Å². The molecule has 1 fully saturated rings. The SMILES string of the molecule is COc1ccccc1C(=O)NCC1(C)CCCCC1O. The molecule has 110 valence electrons. The Kier molecular flexibility index (Phi) is 4.65. The molecule has 1 aromatic carbocycles. The number of aliphatic hydroxyl groups is 1. The Morgan fingerprint density at radius 2 is 2.20 bits per heavy atom. The summed E-state index contributed by atoms with van der Waals surface area (Å²) < 4.78 is 5.19. The van der Waals surface area contributed by atoms with Gasteiger partial charge in [-0.2, -0.15) is 0 Å². The van der Waals surface area contributed by atoms with E-state index in [1.54, 1.807) is 19.2 Å². The third-order valence-electron chi connectivity index (χ3n) is 4.28. The van der Waals surface area contributed by atoms with E-state index in [-0.39, 0.29) is 17.4 Å². The lowest BCUT2D eigenvalue weighted by Gasteiger charge is -2.38. The molecule has 1 aliphatic carbocycles. The molecule has 1 aromatic rings. The number of carbonyl (C=O) groups is 1. The molecule has 1 aliphatic rings. The summed E-state index contributed by atoms with van der Waals surface area (Å²) >= 11 is 0. The van der Waals surface area contributed by atoms with Gasteiger partial charge < -0.3 is 15.2 Å². The smallest absolute Gasteiger partial charge is 0.255 e. The molecule has 2 unspecified atom stereocenters. The number of amides is 1. The fourth-order valence-electron chi connectivity index (χ4n) is 2.80. The number of carbonyl (C=O) groups excluding carboxylic acids is 1. The van der Waals surface area contributed by atoms with Crippen LogP contribution in [-0.2, 0) is 0 Å². The van der Waals surface area contributed by atoms with Crippen molar-refractivity contribution < 1.29 is 14.6 Å². The number of aliphatic hydroxyl groups excluding tert-OH is 1. The Bertz CT molecular complexity index is 475. The fraction of sp³-hybridized carbons (Fsp3) is 0.562. The second kappa shape index (κ2) is 6.27. The van der Waals surface area contributed by atoms with Gasteiger partial charge in [-0.05, 0) is 25.0 Å². The number of methoxy groups -OCH3 is 1. The van der Waals surface area contributed by atoms with Crippen LogP contribution in [0.3, 0.4) is 0 Å². The first-order valence-electron chi connectivity index (χ1n) is 7.16. The highest BCUT2D eigenvalue weighted by atomic mass is 16.5. The van der Waals surface area contributed by atoms with Gasteiger partial charge in [-0.3, -0.25) is 4.79 Å². The summed E-state index contributed by atoms with van der Waals surface area (Å²) in [6.45, 7) is 2.53. The normalized spacial score (nSPS) is 26.1. The maximum absolute atomic E-state index is 12.2. The van der Waals surface area contributed by atoms with Crippen molar-refractivity contribution in [3.05, 3.63) is 29.8 Å². The monoisotopic (exact) mass is 277 g/mol. The molecule has 4 nitrogen and oxygen atoms in total. The van der Waals surface area contributed by atoms with Gasteiger partial charge in [0.15, 0.2) is 0 Å². The van der Waals surface area contributed by atoms with Crippen molar-refractivity contribution in [3.8, 4) is 5.75 Å². The summed E-state index contributed by atoms with van der Waals surface area (Å²) in [5, 5.41) is 13.1. The lowest BCUT2D eigenvalue weighted by atomic mass is 9.73. The van der Waals surface area contributed by atoms with Gasteiger partial charge in [-0.15, -0.1) is 0 Å². The molecule has 20 heavy (non-hydrogen) atoms. The van der Waals surface area contributed by atoms with Crippen LogP contribution in [0.5, 0.6) is 5.75 Å². The lowest BCUT2D eigenvalue weighted by Crippen LogP contribution is -2.45. The third-order valence-corrected chi connectivity index (χ3v) is 4.28. The van der Waals surface area contributed by atoms with Crippen LogP contribution < -0.4 is 10.1 Å². The number of hydrogen-bond acceptors (Lipinski definition) is 3. The molecule has 2 rings (SSSR count). The van der Waals surface area contributed by atoms with Crippen molar-refractivity contribution in [2.45, 2.75) is 38.7 Å². The molecule has 1 amide bonds. The third kappa shape index (κ3) is 3.12. The van der Waals surface area contributed by atoms with Crippen LogP contribution in [0.25, 0.3) is 0 Å². The first-order valence-corrected chi connectivity index (χ1v) is 7.16. The van der Waals surface area contributed by atoms with Crippen molar-refractivity contribution in [1.29, 1.82) is 0 Å². The number of para-hydroxylation sites is 1. The highest BCUT2D eigenvalue weighted by Gasteiger charge is 2.35. The Labute approximate surface area is 120 Å². The Morgan fingerprint density at radius 1 is 1.45 bits per heavy atom. The number of nitrogens with one attached hydrogen (secondary N) is 1. The maximum Gasteiger partial charge on any atom is 0.255 e. The second-order valence-corrected chi connectivity index (χ2v) is 5.80. The van der Waals surface area contributed by atoms with E-state index in [2.05, 4.69) is 5.32 Å². The molecule has 4 heteroatoms. The summed E-state index contributed by atoms with van der Waals surface area (Å²) in [4.78, 5) is 12.2. The molecule has 1 saturated carbocycles. The number of rotatable bonds is 4. The number of benzene rings is 1. The summed E-state index contributed by atoms with van der Waals surface area (Å²) in [6.07, 6.45) is 3.60. The molecule has 0 radical (unpaired) electrons. The predicted octanol–water partition coefficient (Wildman–Crippen LogP) is 2.37. The van der Waals surface area contributed by atoms with E-state index >= 15 is 0 Å². The zero-order valence-corrected chi connectivity index (χ0v) is 12.2. The molecule has 0 aromatic heterocycles. The highest BCUT2D eigenvalue weighted by Crippen LogP contribution is 2.35. The van der Waals surface area contributed by atoms with Crippen LogP contribution in [0.4, 0.5) is 0 Å². The van der Waals surface area contributed by atoms with E-state index in [0.29, 0.717) is 17.9 Å². The molecule has 0 aliphatic heterocycles. The Hall–Kier alpha value is -1.55. The van der Waals surface area contributed by atoms with Crippen LogP contribution >= 0.6 is 0 Å². The van der Waals surface area contributed by atoms with E-state index in [4.69, 9.17) is 4.74 Å². The molecule has 2 N–H and O–H groups in total. The first kappa shape index (κ1) is 14.9. The minimum atomic E-state index is -0.339. The van der Waals surface area contributed by atoms with Gasteiger partial charge >= 0.3 is 0 Å². The average Bonchev–Trinajstić information content (AvgIpc) is 2.48. The molecule has 0 heterocycles. The summed E-state index contributed by atoms with van der Waals surface area (Å²) in [5.74, 6) is 0.417. The number of ether oxygens (including phenoxy) is 1. The van der Waals surface area contributed by atoms with Crippen LogP contribution in [0.15, 0.2) is 24.3 Å². The predicted molar refractivity (Wildman–Crippen MR) is 77.9 cm³/mol. The van der Waals surface area contributed by atoms with E-state index in [1.807, 2.05) is 19.1 Å². The topological polar surface area (TPSA) is 58.6 Å². The molecule has 2 atom stereocenters. The van der Waals surface area contributed by atoms with Crippen molar-refractivity contribution >= 4 is 5.91 Å². The van der Waals surface area contributed by atoms with Gasteiger partial charge in [0.2, 0.25) is 0 Å². The Morgan fingerprint density at radius 3 is 2.90 bits per heavy atom. The van der Waals surface area contributed by atoms with E-state index in [1.165, 1.54) is 0 Å². The van der Waals surface area contributed by atoms with E-state index in [9.17, 15) is 9.90 Å². The van der Waals surface area contributed by atoms with Gasteiger partial charge in [0.05, 0.1) is 18.8 Å². The van der Waals surface area contributed by atoms with Gasteiger partial charge in [-0.1, -0.05) is 31.9 Å². The van der Waals surface area contributed by atoms with Crippen LogP contribution in [-0.4, -0.2) is 30.8 Å². The van der Waals surface area contributed by atoms with Crippen molar-refractivity contribution in [3.63, 3.8) is 0 Å². The van der Waals surface area contributed by atoms with Gasteiger partial charge in [0, 0.05) is 12.0 Å². The van der Waals surface area contributed by atoms with Crippen LogP contribution in [0.2, 0.25) is 0 Å². The largest absolute Gasteiger partial charge is 0.496 e. The zero-order chi connectivity index (χ0) is 14.6. The zero-order valence-electron chi connectivity index (χ0n) is 12.2. The summed E-state index contributed by atoms with van der Waals surface area (Å²) in [6, 6.07) is 7.16. The molecule has 0 saturated heterocycles. The number of hydrogen-bond donors (Lipinski definition) is 2. The molecule has 0 bridgehead atoms.